The van der Waals surface area contributed by atoms with E-state index in [0.29, 0.717) is 17.3 Å². The molecule has 4 rings (SSSR count). The molecule has 0 atom stereocenters. The Kier molecular flexibility index (Phi) is 4.48. The molecule has 138 valence electrons. The quantitative estimate of drug-likeness (QED) is 0.745. The van der Waals surface area contributed by atoms with Crippen LogP contribution in [0.5, 0.6) is 0 Å². The van der Waals surface area contributed by atoms with E-state index in [0.717, 1.165) is 36.8 Å². The fraction of sp³-hybridized carbons (Fsp3) is 0.286. The number of hydrogen-bond donors (Lipinski definition) is 1. The molecule has 6 heteroatoms. The normalized spacial score (nSPS) is 15.6. The fourth-order valence-electron chi connectivity index (χ4n) is 3.70. The molecule has 0 bridgehead atoms. The van der Waals surface area contributed by atoms with Crippen molar-refractivity contribution in [2.75, 3.05) is 0 Å². The summed E-state index contributed by atoms with van der Waals surface area (Å²) in [5, 5.41) is 6.97. The maximum Gasteiger partial charge on any atom is 0.257 e. The summed E-state index contributed by atoms with van der Waals surface area (Å²) in [5.74, 6) is 0.576. The molecule has 0 spiro atoms. The van der Waals surface area contributed by atoms with E-state index in [9.17, 15) is 9.18 Å². The highest BCUT2D eigenvalue weighted by molar-refractivity contribution is 5.95. The SMILES string of the molecule is Cc1noc(-c2ccc(C(=O)NC3(c4ccc(F)cc4)CCCC3)cc2)n1. The number of rotatable bonds is 4. The van der Waals surface area contributed by atoms with Crippen LogP contribution in [0, 0.1) is 12.7 Å². The van der Waals surface area contributed by atoms with Crippen LogP contribution >= 0.6 is 0 Å². The minimum absolute atomic E-state index is 0.144. The van der Waals surface area contributed by atoms with Crippen molar-refractivity contribution in [3.63, 3.8) is 0 Å². The first-order chi connectivity index (χ1) is 13.1. The largest absolute Gasteiger partial charge is 0.343 e. The van der Waals surface area contributed by atoms with Gasteiger partial charge in [0.25, 0.3) is 11.8 Å². The number of halogens is 1. The molecule has 0 saturated heterocycles. The summed E-state index contributed by atoms with van der Waals surface area (Å²) in [6.45, 7) is 1.76. The minimum Gasteiger partial charge on any atom is -0.343 e. The van der Waals surface area contributed by atoms with Gasteiger partial charge in [0.15, 0.2) is 5.82 Å². The lowest BCUT2D eigenvalue weighted by Crippen LogP contribution is -2.43. The molecule has 3 aromatic rings. The summed E-state index contributed by atoms with van der Waals surface area (Å²) in [7, 11) is 0. The summed E-state index contributed by atoms with van der Waals surface area (Å²) in [6, 6.07) is 13.5. The molecule has 1 N–H and O–H groups in total. The van der Waals surface area contributed by atoms with Gasteiger partial charge >= 0.3 is 0 Å². The van der Waals surface area contributed by atoms with Gasteiger partial charge in [-0.2, -0.15) is 4.98 Å². The van der Waals surface area contributed by atoms with Crippen molar-refractivity contribution < 1.29 is 13.7 Å². The highest BCUT2D eigenvalue weighted by Crippen LogP contribution is 2.39. The van der Waals surface area contributed by atoms with E-state index >= 15 is 0 Å². The first-order valence-electron chi connectivity index (χ1n) is 9.05. The van der Waals surface area contributed by atoms with Crippen LogP contribution in [0.2, 0.25) is 0 Å². The van der Waals surface area contributed by atoms with Crippen LogP contribution in [-0.4, -0.2) is 16.0 Å². The fourth-order valence-corrected chi connectivity index (χ4v) is 3.70. The molecule has 27 heavy (non-hydrogen) atoms. The smallest absolute Gasteiger partial charge is 0.257 e. The van der Waals surface area contributed by atoms with Gasteiger partial charge in [-0.25, -0.2) is 4.39 Å². The summed E-state index contributed by atoms with van der Waals surface area (Å²) >= 11 is 0. The maximum atomic E-state index is 13.3. The average molecular weight is 365 g/mol. The van der Waals surface area contributed by atoms with Crippen LogP contribution in [0.1, 0.15) is 47.4 Å². The molecule has 1 aromatic heterocycles. The van der Waals surface area contributed by atoms with Gasteiger partial charge in [0.05, 0.1) is 5.54 Å². The lowest BCUT2D eigenvalue weighted by Gasteiger charge is -2.31. The van der Waals surface area contributed by atoms with Crippen molar-refractivity contribution in [2.45, 2.75) is 38.1 Å². The van der Waals surface area contributed by atoms with Crippen molar-refractivity contribution in [1.29, 1.82) is 0 Å². The van der Waals surface area contributed by atoms with Gasteiger partial charge in [0, 0.05) is 11.1 Å². The van der Waals surface area contributed by atoms with Crippen LogP contribution < -0.4 is 5.32 Å². The molecule has 1 saturated carbocycles. The monoisotopic (exact) mass is 365 g/mol. The molecule has 2 aromatic carbocycles. The van der Waals surface area contributed by atoms with Crippen molar-refractivity contribution in [3.05, 3.63) is 71.3 Å². The topological polar surface area (TPSA) is 68.0 Å². The second kappa shape index (κ2) is 6.95. The Morgan fingerprint density at radius 1 is 1.07 bits per heavy atom. The Balaban J connectivity index is 1.55. The molecule has 0 radical (unpaired) electrons. The Hall–Kier alpha value is -3.02. The van der Waals surface area contributed by atoms with Crippen LogP contribution in [0.25, 0.3) is 11.5 Å². The number of aryl methyl sites for hydroxylation is 1. The third-order valence-corrected chi connectivity index (χ3v) is 5.13. The van der Waals surface area contributed by atoms with Gasteiger partial charge in [0.1, 0.15) is 5.82 Å². The predicted molar refractivity (Wildman–Crippen MR) is 98.5 cm³/mol. The third-order valence-electron chi connectivity index (χ3n) is 5.13. The van der Waals surface area contributed by atoms with Crippen LogP contribution in [0.3, 0.4) is 0 Å². The van der Waals surface area contributed by atoms with Crippen molar-refractivity contribution in [3.8, 4) is 11.5 Å². The number of nitrogens with one attached hydrogen (secondary N) is 1. The number of hydrogen-bond acceptors (Lipinski definition) is 4. The highest BCUT2D eigenvalue weighted by atomic mass is 19.1. The molecule has 0 aliphatic heterocycles. The highest BCUT2D eigenvalue weighted by Gasteiger charge is 2.37. The molecule has 1 aliphatic rings. The summed E-state index contributed by atoms with van der Waals surface area (Å²) in [6.07, 6.45) is 3.77. The van der Waals surface area contributed by atoms with Gasteiger partial charge in [-0.1, -0.05) is 30.1 Å². The van der Waals surface area contributed by atoms with Gasteiger partial charge in [-0.3, -0.25) is 4.79 Å². The standard InChI is InChI=1S/C21H20FN3O2/c1-14-23-20(27-25-14)16-6-4-15(5-7-16)19(26)24-21(12-2-3-13-21)17-8-10-18(22)11-9-17/h4-11H,2-3,12-13H2,1H3,(H,24,26). The van der Waals surface area contributed by atoms with Gasteiger partial charge < -0.3 is 9.84 Å². The predicted octanol–water partition coefficient (Wildman–Crippen LogP) is 4.38. The lowest BCUT2D eigenvalue weighted by atomic mass is 9.87. The van der Waals surface area contributed by atoms with Crippen molar-refractivity contribution in [2.24, 2.45) is 0 Å². The number of aromatic nitrogens is 2. The van der Waals surface area contributed by atoms with E-state index < -0.39 is 5.54 Å². The van der Waals surface area contributed by atoms with Crippen LogP contribution in [0.15, 0.2) is 53.1 Å². The number of amides is 1. The van der Waals surface area contributed by atoms with Crippen LogP contribution in [-0.2, 0) is 5.54 Å². The van der Waals surface area contributed by atoms with E-state index in [-0.39, 0.29) is 11.7 Å². The molecule has 1 heterocycles. The van der Waals surface area contributed by atoms with Gasteiger partial charge in [-0.05, 0) is 61.7 Å². The zero-order valence-electron chi connectivity index (χ0n) is 15.0. The zero-order chi connectivity index (χ0) is 18.9. The Labute approximate surface area is 156 Å². The third kappa shape index (κ3) is 3.47. The van der Waals surface area contributed by atoms with Gasteiger partial charge in [-0.15, -0.1) is 0 Å². The minimum atomic E-state index is -0.437. The number of carbonyl (C=O) groups is 1. The van der Waals surface area contributed by atoms with Crippen LogP contribution in [0.4, 0.5) is 4.39 Å². The van der Waals surface area contributed by atoms with Crippen molar-refractivity contribution in [1.82, 2.24) is 15.5 Å². The Morgan fingerprint density at radius 2 is 1.74 bits per heavy atom. The van der Waals surface area contributed by atoms with E-state index in [4.69, 9.17) is 4.52 Å². The van der Waals surface area contributed by atoms with E-state index in [1.165, 1.54) is 12.1 Å². The zero-order valence-corrected chi connectivity index (χ0v) is 15.0. The average Bonchev–Trinajstić information content (AvgIpc) is 3.32. The molecule has 1 aliphatic carbocycles. The number of benzene rings is 2. The molecule has 5 nitrogen and oxygen atoms in total. The first kappa shape index (κ1) is 17.4. The second-order valence-corrected chi connectivity index (χ2v) is 6.97. The summed E-state index contributed by atoms with van der Waals surface area (Å²) in [5.41, 5.74) is 1.84. The molecule has 0 unspecified atom stereocenters. The van der Waals surface area contributed by atoms with E-state index in [2.05, 4.69) is 15.5 Å². The maximum absolute atomic E-state index is 13.3. The van der Waals surface area contributed by atoms with E-state index in [1.54, 1.807) is 43.3 Å². The first-order valence-corrected chi connectivity index (χ1v) is 9.05. The van der Waals surface area contributed by atoms with E-state index in [1.807, 2.05) is 0 Å². The lowest BCUT2D eigenvalue weighted by molar-refractivity contribution is 0.0898. The van der Waals surface area contributed by atoms with Gasteiger partial charge in [0.2, 0.25) is 0 Å². The second-order valence-electron chi connectivity index (χ2n) is 6.97. The summed E-state index contributed by atoms with van der Waals surface area (Å²) in [4.78, 5) is 17.0. The molecular formula is C21H20FN3O2. The Bertz CT molecular complexity index is 942. The Morgan fingerprint density at radius 3 is 2.33 bits per heavy atom. The van der Waals surface area contributed by atoms with Crippen molar-refractivity contribution >= 4 is 5.91 Å². The number of nitrogens with zero attached hydrogens (tertiary/aromatic N) is 2. The number of carbonyl (C=O) groups excluding carboxylic acids is 1. The molecular weight excluding hydrogens is 345 g/mol. The molecule has 1 amide bonds. The summed E-state index contributed by atoms with van der Waals surface area (Å²) < 4.78 is 18.5. The molecule has 1 fully saturated rings.